The molecule has 0 radical (unpaired) electrons. The minimum absolute atomic E-state index is 0.0193. The smallest absolute Gasteiger partial charge is 0.237 e. The first-order valence-electron chi connectivity index (χ1n) is 9.06. The molecule has 0 bridgehead atoms. The molecule has 3 heterocycles. The van der Waals surface area contributed by atoms with Crippen LogP contribution < -0.4 is 11.1 Å². The third-order valence-corrected chi connectivity index (χ3v) is 5.55. The van der Waals surface area contributed by atoms with Crippen LogP contribution in [-0.4, -0.2) is 38.3 Å². The number of anilines is 1. The molecule has 0 spiro atoms. The molecule has 1 aliphatic rings. The molecular formula is C19H20Cl2N6O. The molecule has 2 aromatic heterocycles. The Morgan fingerprint density at radius 3 is 3.00 bits per heavy atom. The van der Waals surface area contributed by atoms with Gasteiger partial charge in [-0.15, -0.1) is 0 Å². The number of halogens is 2. The molecule has 1 fully saturated rings. The van der Waals surface area contributed by atoms with E-state index in [1.165, 1.54) is 0 Å². The summed E-state index contributed by atoms with van der Waals surface area (Å²) in [5.41, 5.74) is 8.21. The third kappa shape index (κ3) is 3.92. The van der Waals surface area contributed by atoms with Crippen LogP contribution in [0.1, 0.15) is 24.2 Å². The van der Waals surface area contributed by atoms with Crippen molar-refractivity contribution in [3.8, 4) is 0 Å². The predicted molar refractivity (Wildman–Crippen MR) is 110 cm³/mol. The highest BCUT2D eigenvalue weighted by atomic mass is 35.5. The van der Waals surface area contributed by atoms with E-state index >= 15 is 0 Å². The van der Waals surface area contributed by atoms with Crippen LogP contribution in [-0.2, 0) is 17.9 Å². The van der Waals surface area contributed by atoms with Gasteiger partial charge in [-0.05, 0) is 43.1 Å². The lowest BCUT2D eigenvalue weighted by atomic mass is 10.1. The Bertz CT molecular complexity index is 1020. The maximum atomic E-state index is 12.8. The zero-order valence-electron chi connectivity index (χ0n) is 15.1. The molecule has 9 heteroatoms. The summed E-state index contributed by atoms with van der Waals surface area (Å²) in [7, 11) is 0. The van der Waals surface area contributed by atoms with Crippen molar-refractivity contribution >= 4 is 46.0 Å². The first-order valence-corrected chi connectivity index (χ1v) is 9.81. The number of likely N-dealkylation sites (tertiary alicyclic amines) is 1. The largest absolute Gasteiger partial charge is 0.382 e. The van der Waals surface area contributed by atoms with Gasteiger partial charge < -0.3 is 16.0 Å². The quantitative estimate of drug-likeness (QED) is 0.590. The Hall–Kier alpha value is -2.35. The zero-order valence-corrected chi connectivity index (χ0v) is 16.6. The minimum atomic E-state index is -0.192. The number of benzene rings is 1. The maximum Gasteiger partial charge on any atom is 0.237 e. The first-order chi connectivity index (χ1) is 13.5. The van der Waals surface area contributed by atoms with Crippen LogP contribution >= 0.6 is 23.2 Å². The molecule has 3 aromatic rings. The van der Waals surface area contributed by atoms with Crippen molar-refractivity contribution in [2.45, 2.75) is 32.0 Å². The van der Waals surface area contributed by atoms with E-state index in [4.69, 9.17) is 28.9 Å². The molecule has 7 nitrogen and oxygen atoms in total. The lowest BCUT2D eigenvalue weighted by Gasteiger charge is -2.24. The van der Waals surface area contributed by atoms with Crippen LogP contribution in [0.3, 0.4) is 0 Å². The summed E-state index contributed by atoms with van der Waals surface area (Å²) in [5, 5.41) is 4.19. The molecule has 1 aromatic carbocycles. The Morgan fingerprint density at radius 1 is 1.36 bits per heavy atom. The van der Waals surface area contributed by atoms with E-state index in [9.17, 15) is 4.79 Å². The van der Waals surface area contributed by atoms with Gasteiger partial charge in [-0.25, -0.2) is 9.97 Å². The topological polar surface area (TPSA) is 99.9 Å². The molecule has 1 aliphatic heterocycles. The summed E-state index contributed by atoms with van der Waals surface area (Å²) in [6, 6.07) is 7.06. The lowest BCUT2D eigenvalue weighted by molar-refractivity contribution is -0.125. The normalized spacial score (nSPS) is 17.3. The van der Waals surface area contributed by atoms with E-state index < -0.39 is 0 Å². The molecule has 1 saturated heterocycles. The van der Waals surface area contributed by atoms with Crippen molar-refractivity contribution in [2.75, 3.05) is 12.3 Å². The van der Waals surface area contributed by atoms with Crippen LogP contribution in [0, 0.1) is 0 Å². The summed E-state index contributed by atoms with van der Waals surface area (Å²) in [5.74, 6) is 0.996. The molecule has 0 saturated carbocycles. The number of carbonyl (C=O) groups is 1. The van der Waals surface area contributed by atoms with E-state index in [0.717, 1.165) is 30.5 Å². The van der Waals surface area contributed by atoms with Crippen molar-refractivity contribution in [3.63, 3.8) is 0 Å². The number of pyridine rings is 1. The number of imidazole rings is 1. The Labute approximate surface area is 172 Å². The van der Waals surface area contributed by atoms with Gasteiger partial charge in [-0.3, -0.25) is 9.69 Å². The highest BCUT2D eigenvalue weighted by Crippen LogP contribution is 2.26. The number of hydrogen-bond acceptors (Lipinski definition) is 5. The standard InChI is InChI=1S/C19H20Cl2N6O/c20-12-4-3-11(13(21)8-12)10-27-7-1-2-15(27)19(28)24-9-16-25-14-5-6-23-18(22)17(14)26-16/h3-6,8,15H,1-2,7,9-10H2,(H2,22,23)(H,24,28)(H,25,26). The number of nitrogens with zero attached hydrogens (tertiary/aromatic N) is 3. The molecule has 1 amide bonds. The number of nitrogen functional groups attached to an aromatic ring is 1. The number of rotatable bonds is 5. The molecular weight excluding hydrogens is 399 g/mol. The monoisotopic (exact) mass is 418 g/mol. The van der Waals surface area contributed by atoms with E-state index in [2.05, 4.69) is 25.2 Å². The fourth-order valence-electron chi connectivity index (χ4n) is 3.56. The minimum Gasteiger partial charge on any atom is -0.382 e. The molecule has 146 valence electrons. The number of H-pyrrole nitrogens is 1. The van der Waals surface area contributed by atoms with Crippen LogP contribution in [0.5, 0.6) is 0 Å². The van der Waals surface area contributed by atoms with Crippen molar-refractivity contribution in [1.82, 2.24) is 25.2 Å². The highest BCUT2D eigenvalue weighted by molar-refractivity contribution is 6.35. The first kappa shape index (κ1) is 19.0. The van der Waals surface area contributed by atoms with Crippen molar-refractivity contribution in [1.29, 1.82) is 0 Å². The Kier molecular flexibility index (Phi) is 5.39. The van der Waals surface area contributed by atoms with Crippen molar-refractivity contribution in [2.24, 2.45) is 0 Å². The summed E-state index contributed by atoms with van der Waals surface area (Å²) in [4.78, 5) is 26.5. The molecule has 1 atom stereocenters. The second kappa shape index (κ2) is 7.95. The summed E-state index contributed by atoms with van der Waals surface area (Å²) in [6.07, 6.45) is 3.40. The number of aromatic nitrogens is 3. The van der Waals surface area contributed by atoms with Gasteiger partial charge in [0.25, 0.3) is 0 Å². The third-order valence-electron chi connectivity index (χ3n) is 4.96. The number of carbonyl (C=O) groups excluding carboxylic acids is 1. The SMILES string of the molecule is Nc1nccc2[nH]c(CNC(=O)C3CCCN3Cc3ccc(Cl)cc3Cl)nc12. The predicted octanol–water partition coefficient (Wildman–Crippen LogP) is 3.13. The van der Waals surface area contributed by atoms with Gasteiger partial charge in [0, 0.05) is 22.8 Å². The second-order valence-corrected chi connectivity index (χ2v) is 7.70. The number of fused-ring (bicyclic) bond motifs is 1. The van der Waals surface area contributed by atoms with Gasteiger partial charge in [-0.1, -0.05) is 29.3 Å². The average molecular weight is 419 g/mol. The number of nitrogens with one attached hydrogen (secondary N) is 2. The fraction of sp³-hybridized carbons (Fsp3) is 0.316. The van der Waals surface area contributed by atoms with E-state index in [-0.39, 0.29) is 11.9 Å². The van der Waals surface area contributed by atoms with Gasteiger partial charge in [0.1, 0.15) is 11.3 Å². The maximum absolute atomic E-state index is 12.8. The second-order valence-electron chi connectivity index (χ2n) is 6.86. The van der Waals surface area contributed by atoms with Crippen LogP contribution in [0.25, 0.3) is 11.0 Å². The van der Waals surface area contributed by atoms with Crippen LogP contribution in [0.2, 0.25) is 10.0 Å². The fourth-order valence-corrected chi connectivity index (χ4v) is 4.03. The number of hydrogen-bond donors (Lipinski definition) is 3. The van der Waals surface area contributed by atoms with Crippen molar-refractivity contribution < 1.29 is 4.79 Å². The molecule has 1 unspecified atom stereocenters. The van der Waals surface area contributed by atoms with Gasteiger partial charge in [0.15, 0.2) is 5.82 Å². The van der Waals surface area contributed by atoms with Gasteiger partial charge in [0.2, 0.25) is 5.91 Å². The molecule has 28 heavy (non-hydrogen) atoms. The van der Waals surface area contributed by atoms with E-state index in [1.54, 1.807) is 18.3 Å². The average Bonchev–Trinajstić information content (AvgIpc) is 3.29. The Balaban J connectivity index is 1.41. The number of nitrogens with two attached hydrogens (primary N) is 1. The molecule has 4 rings (SSSR count). The van der Waals surface area contributed by atoms with Gasteiger partial charge >= 0.3 is 0 Å². The zero-order chi connectivity index (χ0) is 19.7. The summed E-state index contributed by atoms with van der Waals surface area (Å²) >= 11 is 12.3. The lowest BCUT2D eigenvalue weighted by Crippen LogP contribution is -2.42. The van der Waals surface area contributed by atoms with Gasteiger partial charge in [0.05, 0.1) is 18.1 Å². The van der Waals surface area contributed by atoms with Crippen molar-refractivity contribution in [3.05, 3.63) is 51.9 Å². The van der Waals surface area contributed by atoms with Crippen LogP contribution in [0.4, 0.5) is 5.82 Å². The summed E-state index contributed by atoms with van der Waals surface area (Å²) in [6.45, 7) is 1.77. The molecule has 0 aliphatic carbocycles. The van der Waals surface area contributed by atoms with E-state index in [0.29, 0.717) is 40.3 Å². The van der Waals surface area contributed by atoms with Crippen LogP contribution in [0.15, 0.2) is 30.5 Å². The number of amides is 1. The summed E-state index contributed by atoms with van der Waals surface area (Å²) < 4.78 is 0. The van der Waals surface area contributed by atoms with Gasteiger partial charge in [-0.2, -0.15) is 0 Å². The number of aromatic amines is 1. The molecule has 4 N–H and O–H groups in total. The van der Waals surface area contributed by atoms with E-state index in [1.807, 2.05) is 12.1 Å². The highest BCUT2D eigenvalue weighted by Gasteiger charge is 2.31. The Morgan fingerprint density at radius 2 is 2.21 bits per heavy atom.